The third-order valence-electron chi connectivity index (χ3n) is 2.80. The first kappa shape index (κ1) is 13.3. The number of para-hydroxylation sites is 1. The Hall–Kier alpha value is -1.71. The van der Waals surface area contributed by atoms with Crippen molar-refractivity contribution in [3.63, 3.8) is 0 Å². The SMILES string of the molecule is N#CC(=Cc1cccc(I)c1)c1nc2ccccc2s1. The van der Waals surface area contributed by atoms with Gasteiger partial charge < -0.3 is 0 Å². The van der Waals surface area contributed by atoms with Gasteiger partial charge in [-0.15, -0.1) is 11.3 Å². The summed E-state index contributed by atoms with van der Waals surface area (Å²) < 4.78 is 2.25. The van der Waals surface area contributed by atoms with Gasteiger partial charge in [-0.1, -0.05) is 24.3 Å². The minimum absolute atomic E-state index is 0.605. The Kier molecular flexibility index (Phi) is 3.81. The van der Waals surface area contributed by atoms with E-state index < -0.39 is 0 Å². The van der Waals surface area contributed by atoms with Crippen molar-refractivity contribution in [3.05, 3.63) is 62.7 Å². The summed E-state index contributed by atoms with van der Waals surface area (Å²) in [5.74, 6) is 0. The Balaban J connectivity index is 2.07. The number of hydrogen-bond donors (Lipinski definition) is 0. The van der Waals surface area contributed by atoms with E-state index in [0.29, 0.717) is 5.57 Å². The van der Waals surface area contributed by atoms with Crippen molar-refractivity contribution in [2.45, 2.75) is 0 Å². The van der Waals surface area contributed by atoms with Crippen molar-refractivity contribution in [2.75, 3.05) is 0 Å². The number of thiazole rings is 1. The van der Waals surface area contributed by atoms with E-state index in [1.54, 1.807) is 11.3 Å². The van der Waals surface area contributed by atoms with Crippen LogP contribution in [0.5, 0.6) is 0 Å². The molecule has 0 aliphatic heterocycles. The molecule has 96 valence electrons. The summed E-state index contributed by atoms with van der Waals surface area (Å²) in [6.07, 6.45) is 1.89. The highest BCUT2D eigenvalue weighted by atomic mass is 127. The average Bonchev–Trinajstić information content (AvgIpc) is 2.88. The topological polar surface area (TPSA) is 36.7 Å². The van der Waals surface area contributed by atoms with Crippen LogP contribution >= 0.6 is 33.9 Å². The molecule has 0 saturated heterocycles. The maximum absolute atomic E-state index is 9.38. The quantitative estimate of drug-likeness (QED) is 0.459. The van der Waals surface area contributed by atoms with Gasteiger partial charge in [0.1, 0.15) is 11.1 Å². The number of benzene rings is 2. The predicted octanol–water partition coefficient (Wildman–Crippen LogP) is 4.97. The molecular weight excluding hydrogens is 379 g/mol. The Morgan fingerprint density at radius 1 is 1.20 bits per heavy atom. The molecule has 0 saturated carbocycles. The third-order valence-corrected chi connectivity index (χ3v) is 4.55. The number of hydrogen-bond acceptors (Lipinski definition) is 3. The van der Waals surface area contributed by atoms with Gasteiger partial charge in [0.2, 0.25) is 0 Å². The Labute approximate surface area is 134 Å². The van der Waals surface area contributed by atoms with Crippen LogP contribution in [0.2, 0.25) is 0 Å². The number of nitriles is 1. The Morgan fingerprint density at radius 3 is 2.80 bits per heavy atom. The molecule has 0 unspecified atom stereocenters. The van der Waals surface area contributed by atoms with E-state index in [9.17, 15) is 5.26 Å². The summed E-state index contributed by atoms with van der Waals surface area (Å²) >= 11 is 3.81. The van der Waals surface area contributed by atoms with Crippen LogP contribution in [0.3, 0.4) is 0 Å². The lowest BCUT2D eigenvalue weighted by Gasteiger charge is -1.96. The zero-order valence-corrected chi connectivity index (χ0v) is 13.4. The summed E-state index contributed by atoms with van der Waals surface area (Å²) in [5, 5.41) is 10.2. The fourth-order valence-corrected chi connectivity index (χ4v) is 3.39. The largest absolute Gasteiger partial charge is 0.235 e. The lowest BCUT2D eigenvalue weighted by atomic mass is 10.1. The van der Waals surface area contributed by atoms with E-state index in [1.165, 1.54) is 0 Å². The highest BCUT2D eigenvalue weighted by Crippen LogP contribution is 2.28. The molecule has 1 heterocycles. The summed E-state index contributed by atoms with van der Waals surface area (Å²) in [6.45, 7) is 0. The van der Waals surface area contributed by atoms with Crippen molar-refractivity contribution in [3.8, 4) is 6.07 Å². The molecule has 0 fully saturated rings. The second-order valence-corrected chi connectivity index (χ2v) is 6.49. The van der Waals surface area contributed by atoms with Crippen LogP contribution in [-0.4, -0.2) is 4.98 Å². The van der Waals surface area contributed by atoms with Crippen molar-refractivity contribution >= 4 is 55.8 Å². The molecule has 0 aliphatic carbocycles. The lowest BCUT2D eigenvalue weighted by molar-refractivity contribution is 1.43. The first-order valence-electron chi connectivity index (χ1n) is 5.99. The highest BCUT2D eigenvalue weighted by Gasteiger charge is 2.08. The molecule has 0 radical (unpaired) electrons. The summed E-state index contributed by atoms with van der Waals surface area (Å²) in [4.78, 5) is 4.53. The zero-order chi connectivity index (χ0) is 13.9. The van der Waals surface area contributed by atoms with E-state index in [4.69, 9.17) is 0 Å². The average molecular weight is 388 g/mol. The second-order valence-electron chi connectivity index (χ2n) is 4.21. The first-order valence-corrected chi connectivity index (χ1v) is 7.89. The smallest absolute Gasteiger partial charge is 0.135 e. The Bertz CT molecular complexity index is 810. The van der Waals surface area contributed by atoms with E-state index in [2.05, 4.69) is 33.6 Å². The lowest BCUT2D eigenvalue weighted by Crippen LogP contribution is -1.81. The zero-order valence-electron chi connectivity index (χ0n) is 10.4. The van der Waals surface area contributed by atoms with Crippen LogP contribution in [0, 0.1) is 14.9 Å². The van der Waals surface area contributed by atoms with Crippen molar-refractivity contribution in [2.24, 2.45) is 0 Å². The molecule has 0 spiro atoms. The monoisotopic (exact) mass is 388 g/mol. The Morgan fingerprint density at radius 2 is 2.05 bits per heavy atom. The summed E-state index contributed by atoms with van der Waals surface area (Å²) in [7, 11) is 0. The molecule has 0 atom stereocenters. The molecule has 0 bridgehead atoms. The van der Waals surface area contributed by atoms with Crippen molar-refractivity contribution in [1.82, 2.24) is 4.98 Å². The number of fused-ring (bicyclic) bond motifs is 1. The van der Waals surface area contributed by atoms with Crippen LogP contribution in [0.25, 0.3) is 21.9 Å². The minimum Gasteiger partial charge on any atom is -0.235 e. The van der Waals surface area contributed by atoms with Crippen LogP contribution in [0.4, 0.5) is 0 Å². The van der Waals surface area contributed by atoms with Gasteiger partial charge in [-0.05, 0) is 58.5 Å². The summed E-state index contributed by atoms with van der Waals surface area (Å²) in [6, 6.07) is 18.2. The van der Waals surface area contributed by atoms with Gasteiger partial charge in [-0.2, -0.15) is 5.26 Å². The van der Waals surface area contributed by atoms with Crippen LogP contribution in [0.1, 0.15) is 10.6 Å². The molecule has 20 heavy (non-hydrogen) atoms. The molecule has 2 aromatic carbocycles. The van der Waals surface area contributed by atoms with Gasteiger partial charge in [0.25, 0.3) is 0 Å². The standard InChI is InChI=1S/C16H9IN2S/c17-13-5-3-4-11(9-13)8-12(10-18)16-19-14-6-1-2-7-15(14)20-16/h1-9H. The van der Waals surface area contributed by atoms with E-state index in [0.717, 1.165) is 24.4 Å². The normalized spacial score (nSPS) is 11.5. The molecule has 0 N–H and O–H groups in total. The van der Waals surface area contributed by atoms with Gasteiger partial charge in [0.05, 0.1) is 15.8 Å². The fraction of sp³-hybridized carbons (Fsp3) is 0. The van der Waals surface area contributed by atoms with E-state index >= 15 is 0 Å². The summed E-state index contributed by atoms with van der Waals surface area (Å²) in [5.41, 5.74) is 2.57. The number of nitrogens with zero attached hydrogens (tertiary/aromatic N) is 2. The molecular formula is C16H9IN2S. The van der Waals surface area contributed by atoms with Gasteiger partial charge in [-0.3, -0.25) is 0 Å². The molecule has 0 amide bonds. The first-order chi connectivity index (χ1) is 9.76. The molecule has 3 rings (SSSR count). The fourth-order valence-electron chi connectivity index (χ4n) is 1.89. The highest BCUT2D eigenvalue weighted by molar-refractivity contribution is 14.1. The predicted molar refractivity (Wildman–Crippen MR) is 92.3 cm³/mol. The number of halogens is 1. The van der Waals surface area contributed by atoms with Gasteiger partial charge in [0, 0.05) is 3.57 Å². The third kappa shape index (κ3) is 2.74. The molecule has 0 aliphatic rings. The maximum atomic E-state index is 9.38. The number of rotatable bonds is 2. The van der Waals surface area contributed by atoms with Crippen LogP contribution < -0.4 is 0 Å². The van der Waals surface area contributed by atoms with Gasteiger partial charge >= 0.3 is 0 Å². The van der Waals surface area contributed by atoms with Crippen molar-refractivity contribution in [1.29, 1.82) is 5.26 Å². The van der Waals surface area contributed by atoms with E-state index in [1.807, 2.05) is 54.6 Å². The van der Waals surface area contributed by atoms with Crippen molar-refractivity contribution < 1.29 is 0 Å². The van der Waals surface area contributed by atoms with Crippen LogP contribution in [-0.2, 0) is 0 Å². The second kappa shape index (κ2) is 5.73. The molecule has 4 heteroatoms. The number of aromatic nitrogens is 1. The number of allylic oxidation sites excluding steroid dienone is 1. The maximum Gasteiger partial charge on any atom is 0.135 e. The van der Waals surface area contributed by atoms with Crippen LogP contribution in [0.15, 0.2) is 48.5 Å². The molecule has 1 aromatic heterocycles. The molecule has 2 nitrogen and oxygen atoms in total. The van der Waals surface area contributed by atoms with Gasteiger partial charge in [0.15, 0.2) is 0 Å². The molecule has 3 aromatic rings. The van der Waals surface area contributed by atoms with E-state index in [-0.39, 0.29) is 0 Å². The van der Waals surface area contributed by atoms with Gasteiger partial charge in [-0.25, -0.2) is 4.98 Å². The minimum atomic E-state index is 0.605.